The molecule has 39 heavy (non-hydrogen) atoms. The highest BCUT2D eigenvalue weighted by Gasteiger charge is 2.19. The van der Waals surface area contributed by atoms with Gasteiger partial charge in [-0.2, -0.15) is 0 Å². The van der Waals surface area contributed by atoms with Crippen LogP contribution in [-0.2, 0) is 0 Å². The average molecular weight is 500 g/mol. The van der Waals surface area contributed by atoms with Gasteiger partial charge in [0.2, 0.25) is 0 Å². The number of furan rings is 1. The van der Waals surface area contributed by atoms with Crippen LogP contribution in [0.4, 0.5) is 0 Å². The molecule has 0 N–H and O–H groups in total. The molecule has 0 unspecified atom stereocenters. The molecule has 0 spiro atoms. The van der Waals surface area contributed by atoms with E-state index in [0.717, 1.165) is 54.8 Å². The Hall–Kier alpha value is -5.35. The Labute approximate surface area is 224 Å². The maximum Gasteiger partial charge on any atom is 0.164 e. The van der Waals surface area contributed by atoms with E-state index in [4.69, 9.17) is 19.4 Å². The van der Waals surface area contributed by atoms with Crippen molar-refractivity contribution in [2.75, 3.05) is 0 Å². The molecule has 0 aliphatic rings. The van der Waals surface area contributed by atoms with Crippen LogP contribution in [0.3, 0.4) is 0 Å². The predicted octanol–water partition coefficient (Wildman–Crippen LogP) is 9.08. The summed E-state index contributed by atoms with van der Waals surface area (Å²) in [5, 5.41) is 6.74. The number of benzene rings is 6. The van der Waals surface area contributed by atoms with E-state index in [1.54, 1.807) is 0 Å². The molecule has 4 nitrogen and oxygen atoms in total. The van der Waals surface area contributed by atoms with Crippen molar-refractivity contribution in [1.29, 1.82) is 0 Å². The average Bonchev–Trinajstić information content (AvgIpc) is 3.40. The van der Waals surface area contributed by atoms with Crippen LogP contribution in [0, 0.1) is 0 Å². The zero-order valence-corrected chi connectivity index (χ0v) is 20.9. The first-order chi connectivity index (χ1) is 19.3. The zero-order valence-electron chi connectivity index (χ0n) is 20.9. The highest BCUT2D eigenvalue weighted by atomic mass is 16.3. The fraction of sp³-hybridized carbons (Fsp3) is 0. The monoisotopic (exact) mass is 499 g/mol. The molecule has 0 fully saturated rings. The van der Waals surface area contributed by atoms with Crippen molar-refractivity contribution in [2.24, 2.45) is 0 Å². The van der Waals surface area contributed by atoms with Gasteiger partial charge >= 0.3 is 0 Å². The number of aromatic nitrogens is 3. The van der Waals surface area contributed by atoms with Gasteiger partial charge in [0.05, 0.1) is 0 Å². The zero-order chi connectivity index (χ0) is 25.8. The van der Waals surface area contributed by atoms with E-state index >= 15 is 0 Å². The summed E-state index contributed by atoms with van der Waals surface area (Å²) in [5.41, 5.74) is 4.62. The minimum Gasteiger partial charge on any atom is -0.456 e. The molecule has 0 bridgehead atoms. The Morgan fingerprint density at radius 1 is 0.410 bits per heavy atom. The van der Waals surface area contributed by atoms with Gasteiger partial charge in [0, 0.05) is 32.8 Å². The van der Waals surface area contributed by atoms with Crippen molar-refractivity contribution in [3.63, 3.8) is 0 Å². The summed E-state index contributed by atoms with van der Waals surface area (Å²) in [4.78, 5) is 15.0. The van der Waals surface area contributed by atoms with Crippen molar-refractivity contribution in [3.05, 3.63) is 127 Å². The molecule has 0 atom stereocenters. The molecule has 6 aromatic carbocycles. The lowest BCUT2D eigenvalue weighted by atomic mass is 9.93. The maximum atomic E-state index is 6.27. The highest BCUT2D eigenvalue weighted by molar-refractivity contribution is 6.28. The van der Waals surface area contributed by atoms with Gasteiger partial charge in [-0.05, 0) is 40.4 Å². The molecule has 2 heterocycles. The quantitative estimate of drug-likeness (QED) is 0.228. The lowest BCUT2D eigenvalue weighted by Crippen LogP contribution is -2.00. The van der Waals surface area contributed by atoms with Crippen molar-refractivity contribution in [3.8, 4) is 34.2 Å². The molecule has 2 aromatic heterocycles. The molecule has 0 radical (unpaired) electrons. The van der Waals surface area contributed by atoms with E-state index in [9.17, 15) is 0 Å². The number of hydrogen-bond donors (Lipinski definition) is 0. The first-order valence-electron chi connectivity index (χ1n) is 13.0. The van der Waals surface area contributed by atoms with Crippen molar-refractivity contribution in [1.82, 2.24) is 15.0 Å². The SMILES string of the molecule is c1ccc(-c2nc(-c3ccccc3)nc(-c3cc4ccccc4c4c3ccc3oc5ccccc5c34)n2)cc1. The van der Waals surface area contributed by atoms with Crippen LogP contribution in [-0.4, -0.2) is 15.0 Å². The van der Waals surface area contributed by atoms with Crippen molar-refractivity contribution < 1.29 is 4.42 Å². The first kappa shape index (κ1) is 21.7. The standard InChI is InChI=1S/C35H21N3O/c1-3-11-22(12-4-1)33-36-34(23-13-5-2-6-14-23)38-35(37-33)28-21-24-15-7-8-16-25(24)31-26(28)19-20-30-32(31)27-17-9-10-18-29(27)39-30/h1-21H. The second-order valence-electron chi connectivity index (χ2n) is 9.64. The smallest absolute Gasteiger partial charge is 0.164 e. The van der Waals surface area contributed by atoms with Crippen LogP contribution < -0.4 is 0 Å². The second-order valence-corrected chi connectivity index (χ2v) is 9.64. The lowest BCUT2D eigenvalue weighted by Gasteiger charge is -2.13. The van der Waals surface area contributed by atoms with Crippen LogP contribution in [0.25, 0.3) is 77.6 Å². The minimum absolute atomic E-state index is 0.644. The van der Waals surface area contributed by atoms with E-state index in [2.05, 4.69) is 54.6 Å². The van der Waals surface area contributed by atoms with E-state index in [1.165, 1.54) is 5.39 Å². The van der Waals surface area contributed by atoms with E-state index in [1.807, 2.05) is 72.8 Å². The van der Waals surface area contributed by atoms with Crippen molar-refractivity contribution in [2.45, 2.75) is 0 Å². The fourth-order valence-electron chi connectivity index (χ4n) is 5.52. The van der Waals surface area contributed by atoms with Gasteiger partial charge < -0.3 is 4.42 Å². The predicted molar refractivity (Wildman–Crippen MR) is 158 cm³/mol. The maximum absolute atomic E-state index is 6.27. The summed E-state index contributed by atoms with van der Waals surface area (Å²) >= 11 is 0. The molecule has 0 amide bonds. The summed E-state index contributed by atoms with van der Waals surface area (Å²) in [6, 6.07) is 43.3. The molecule has 8 aromatic rings. The third-order valence-corrected chi connectivity index (χ3v) is 7.30. The van der Waals surface area contributed by atoms with E-state index in [-0.39, 0.29) is 0 Å². The number of rotatable bonds is 3. The van der Waals surface area contributed by atoms with Gasteiger partial charge in [-0.3, -0.25) is 0 Å². The van der Waals surface area contributed by atoms with Gasteiger partial charge in [0.15, 0.2) is 17.5 Å². The molecule has 0 saturated carbocycles. The van der Waals surface area contributed by atoms with E-state index < -0.39 is 0 Å². The van der Waals surface area contributed by atoms with Crippen LogP contribution >= 0.6 is 0 Å². The molecule has 0 saturated heterocycles. The Morgan fingerprint density at radius 2 is 1.00 bits per heavy atom. The molecule has 182 valence electrons. The van der Waals surface area contributed by atoms with E-state index in [0.29, 0.717) is 17.5 Å². The molecule has 4 heteroatoms. The molecular formula is C35H21N3O. The van der Waals surface area contributed by atoms with Crippen LogP contribution in [0.1, 0.15) is 0 Å². The van der Waals surface area contributed by atoms with Crippen molar-refractivity contribution >= 4 is 43.5 Å². The summed E-state index contributed by atoms with van der Waals surface area (Å²) in [6.07, 6.45) is 0. The molecular weight excluding hydrogens is 478 g/mol. The number of nitrogens with zero attached hydrogens (tertiary/aromatic N) is 3. The largest absolute Gasteiger partial charge is 0.456 e. The summed E-state index contributed by atoms with van der Waals surface area (Å²) in [7, 11) is 0. The van der Waals surface area contributed by atoms with Gasteiger partial charge in [0.1, 0.15) is 11.2 Å². The number of fused-ring (bicyclic) bond motifs is 7. The molecule has 8 rings (SSSR count). The third kappa shape index (κ3) is 3.50. The summed E-state index contributed by atoms with van der Waals surface area (Å²) in [6.45, 7) is 0. The topological polar surface area (TPSA) is 51.8 Å². The summed E-state index contributed by atoms with van der Waals surface area (Å²) < 4.78 is 6.27. The lowest BCUT2D eigenvalue weighted by molar-refractivity contribution is 0.669. The van der Waals surface area contributed by atoms with Gasteiger partial charge in [-0.1, -0.05) is 103 Å². The second kappa shape index (κ2) is 8.61. The molecule has 0 aliphatic heterocycles. The van der Waals surface area contributed by atoms with Crippen LogP contribution in [0.5, 0.6) is 0 Å². The Kier molecular flexibility index (Phi) is 4.79. The fourth-order valence-corrected chi connectivity index (χ4v) is 5.52. The Morgan fingerprint density at radius 3 is 1.72 bits per heavy atom. The summed E-state index contributed by atoms with van der Waals surface area (Å²) in [5.74, 6) is 1.94. The first-order valence-corrected chi connectivity index (χ1v) is 13.0. The third-order valence-electron chi connectivity index (χ3n) is 7.30. The van der Waals surface area contributed by atoms with Crippen LogP contribution in [0.15, 0.2) is 132 Å². The Bertz CT molecular complexity index is 2110. The van der Waals surface area contributed by atoms with Crippen LogP contribution in [0.2, 0.25) is 0 Å². The van der Waals surface area contributed by atoms with Gasteiger partial charge in [-0.15, -0.1) is 0 Å². The number of para-hydroxylation sites is 1. The normalized spacial score (nSPS) is 11.6. The Balaban J connectivity index is 1.50. The van der Waals surface area contributed by atoms with Gasteiger partial charge in [0.25, 0.3) is 0 Å². The van der Waals surface area contributed by atoms with Gasteiger partial charge in [-0.25, -0.2) is 15.0 Å². The number of hydrogen-bond acceptors (Lipinski definition) is 4. The molecule has 0 aliphatic carbocycles. The minimum atomic E-state index is 0.644. The highest BCUT2D eigenvalue weighted by Crippen LogP contribution is 2.42.